The van der Waals surface area contributed by atoms with Gasteiger partial charge in [-0.05, 0) is 17.0 Å². The molecule has 1 unspecified atom stereocenters. The van der Waals surface area contributed by atoms with Crippen molar-refractivity contribution in [1.29, 1.82) is 0 Å². The largest absolute Gasteiger partial charge is 0.302 e. The van der Waals surface area contributed by atoms with Crippen LogP contribution < -0.4 is 5.32 Å². The Bertz CT molecular complexity index is 924. The number of fused-ring (bicyclic) bond motifs is 1. The zero-order chi connectivity index (χ0) is 19.3. The highest BCUT2D eigenvalue weighted by Crippen LogP contribution is 2.29. The highest BCUT2D eigenvalue weighted by atomic mass is 32.1. The van der Waals surface area contributed by atoms with Crippen molar-refractivity contribution in [3.8, 4) is 0 Å². The van der Waals surface area contributed by atoms with Crippen molar-refractivity contribution < 1.29 is 4.79 Å². The summed E-state index contributed by atoms with van der Waals surface area (Å²) < 4.78 is 0. The first-order valence-electron chi connectivity index (χ1n) is 9.77. The van der Waals surface area contributed by atoms with E-state index in [2.05, 4.69) is 64.6 Å². The van der Waals surface area contributed by atoms with E-state index in [-0.39, 0.29) is 11.8 Å². The molecule has 0 saturated carbocycles. The van der Waals surface area contributed by atoms with E-state index >= 15 is 0 Å². The number of benzene rings is 2. The molecule has 3 aromatic rings. The summed E-state index contributed by atoms with van der Waals surface area (Å²) in [5.41, 5.74) is 3.66. The van der Waals surface area contributed by atoms with Crippen LogP contribution in [0.1, 0.15) is 41.0 Å². The van der Waals surface area contributed by atoms with Crippen molar-refractivity contribution in [2.24, 2.45) is 0 Å². The maximum absolute atomic E-state index is 12.5. The van der Waals surface area contributed by atoms with Gasteiger partial charge in [0.2, 0.25) is 5.91 Å². The van der Waals surface area contributed by atoms with Gasteiger partial charge in [0.25, 0.3) is 0 Å². The number of hydrogen-bond donors (Lipinski definition) is 1. The highest BCUT2D eigenvalue weighted by molar-refractivity contribution is 7.15. The third-order valence-corrected chi connectivity index (χ3v) is 6.16. The summed E-state index contributed by atoms with van der Waals surface area (Å²) in [4.78, 5) is 20.8. The number of carbonyl (C=O) groups is 1. The third kappa shape index (κ3) is 4.66. The average Bonchev–Trinajstić information content (AvgIpc) is 3.10. The predicted octanol–water partition coefficient (Wildman–Crippen LogP) is 4.83. The maximum Gasteiger partial charge on any atom is 0.226 e. The summed E-state index contributed by atoms with van der Waals surface area (Å²) in [6.45, 7) is 4.94. The van der Waals surface area contributed by atoms with Crippen molar-refractivity contribution >= 4 is 22.4 Å². The first kappa shape index (κ1) is 18.8. The van der Waals surface area contributed by atoms with E-state index in [9.17, 15) is 4.79 Å². The number of hydrogen-bond acceptors (Lipinski definition) is 4. The molecule has 0 aliphatic carbocycles. The summed E-state index contributed by atoms with van der Waals surface area (Å²) in [6.07, 6.45) is 1.41. The zero-order valence-corrected chi connectivity index (χ0v) is 16.9. The Morgan fingerprint density at radius 1 is 1.14 bits per heavy atom. The van der Waals surface area contributed by atoms with E-state index in [0.717, 1.165) is 36.9 Å². The minimum atomic E-state index is 0.0311. The van der Waals surface area contributed by atoms with Crippen LogP contribution in [0.15, 0.2) is 60.7 Å². The minimum Gasteiger partial charge on any atom is -0.302 e. The number of carbonyl (C=O) groups excluding carboxylic acids is 1. The van der Waals surface area contributed by atoms with Gasteiger partial charge in [0, 0.05) is 37.4 Å². The highest BCUT2D eigenvalue weighted by Gasteiger charge is 2.22. The maximum atomic E-state index is 12.5. The Hall–Kier alpha value is -2.50. The number of thiazole rings is 1. The van der Waals surface area contributed by atoms with E-state index in [1.165, 1.54) is 16.0 Å². The van der Waals surface area contributed by atoms with Crippen molar-refractivity contribution in [1.82, 2.24) is 9.88 Å². The van der Waals surface area contributed by atoms with Crippen molar-refractivity contribution in [2.45, 2.75) is 38.8 Å². The SMILES string of the molecule is CC(CC(=O)Nc1nc2c(s1)CN(Cc1ccccc1)CC2)c1ccccc1. The molecule has 4 nitrogen and oxygen atoms in total. The molecule has 1 aliphatic rings. The molecule has 5 heteroatoms. The smallest absolute Gasteiger partial charge is 0.226 e. The lowest BCUT2D eigenvalue weighted by atomic mass is 9.98. The van der Waals surface area contributed by atoms with Gasteiger partial charge in [0.15, 0.2) is 5.13 Å². The van der Waals surface area contributed by atoms with Gasteiger partial charge in [-0.2, -0.15) is 0 Å². The van der Waals surface area contributed by atoms with Crippen LogP contribution in [-0.4, -0.2) is 22.3 Å². The van der Waals surface area contributed by atoms with Crippen LogP contribution in [0.25, 0.3) is 0 Å². The van der Waals surface area contributed by atoms with E-state index in [4.69, 9.17) is 0 Å². The molecule has 2 aromatic carbocycles. The van der Waals surface area contributed by atoms with Gasteiger partial charge in [-0.3, -0.25) is 9.69 Å². The van der Waals surface area contributed by atoms with Gasteiger partial charge in [-0.25, -0.2) is 4.98 Å². The lowest BCUT2D eigenvalue weighted by Crippen LogP contribution is -2.29. The number of anilines is 1. The quantitative estimate of drug-likeness (QED) is 0.654. The molecule has 2 heterocycles. The number of amides is 1. The fourth-order valence-electron chi connectivity index (χ4n) is 3.63. The van der Waals surface area contributed by atoms with Gasteiger partial charge in [0.05, 0.1) is 5.69 Å². The van der Waals surface area contributed by atoms with E-state index < -0.39 is 0 Å². The van der Waals surface area contributed by atoms with E-state index in [0.29, 0.717) is 6.42 Å². The lowest BCUT2D eigenvalue weighted by molar-refractivity contribution is -0.116. The van der Waals surface area contributed by atoms with E-state index in [1.54, 1.807) is 11.3 Å². The minimum absolute atomic E-state index is 0.0311. The number of aromatic nitrogens is 1. The Labute approximate surface area is 170 Å². The van der Waals surface area contributed by atoms with Gasteiger partial charge >= 0.3 is 0 Å². The molecule has 0 bridgehead atoms. The number of rotatable bonds is 6. The van der Waals surface area contributed by atoms with Crippen LogP contribution >= 0.6 is 11.3 Å². The van der Waals surface area contributed by atoms with Gasteiger partial charge < -0.3 is 5.32 Å². The first-order valence-corrected chi connectivity index (χ1v) is 10.6. The molecule has 0 saturated heterocycles. The van der Waals surface area contributed by atoms with Crippen LogP contribution in [0.4, 0.5) is 5.13 Å². The molecule has 0 fully saturated rings. The monoisotopic (exact) mass is 391 g/mol. The van der Waals surface area contributed by atoms with Gasteiger partial charge in [0.1, 0.15) is 0 Å². The van der Waals surface area contributed by atoms with Crippen LogP contribution in [0.5, 0.6) is 0 Å². The fourth-order valence-corrected chi connectivity index (χ4v) is 4.69. The lowest BCUT2D eigenvalue weighted by Gasteiger charge is -2.25. The second-order valence-corrected chi connectivity index (χ2v) is 8.48. The van der Waals surface area contributed by atoms with Crippen molar-refractivity contribution in [3.63, 3.8) is 0 Å². The second kappa shape index (κ2) is 8.67. The molecule has 144 valence electrons. The summed E-state index contributed by atoms with van der Waals surface area (Å²) in [6, 6.07) is 20.7. The number of nitrogens with zero attached hydrogens (tertiary/aromatic N) is 2. The normalized spacial score (nSPS) is 15.0. The van der Waals surface area contributed by atoms with E-state index in [1.807, 2.05) is 18.2 Å². The summed E-state index contributed by atoms with van der Waals surface area (Å²) in [7, 11) is 0. The fraction of sp³-hybridized carbons (Fsp3) is 0.304. The summed E-state index contributed by atoms with van der Waals surface area (Å²) in [5, 5.41) is 3.75. The Morgan fingerprint density at radius 3 is 2.61 bits per heavy atom. The van der Waals surface area contributed by atoms with Crippen LogP contribution in [-0.2, 0) is 24.3 Å². The van der Waals surface area contributed by atoms with Crippen molar-refractivity contribution in [3.05, 3.63) is 82.4 Å². The molecule has 0 radical (unpaired) electrons. The zero-order valence-electron chi connectivity index (χ0n) is 16.1. The van der Waals surface area contributed by atoms with Gasteiger partial charge in [-0.15, -0.1) is 11.3 Å². The van der Waals surface area contributed by atoms with Gasteiger partial charge in [-0.1, -0.05) is 67.6 Å². The molecule has 1 atom stereocenters. The van der Waals surface area contributed by atoms with Crippen molar-refractivity contribution in [2.75, 3.05) is 11.9 Å². The summed E-state index contributed by atoms with van der Waals surface area (Å²) >= 11 is 1.62. The first-order chi connectivity index (χ1) is 13.7. The third-order valence-electron chi connectivity index (χ3n) is 5.17. The predicted molar refractivity (Wildman–Crippen MR) is 114 cm³/mol. The Morgan fingerprint density at radius 2 is 1.86 bits per heavy atom. The topological polar surface area (TPSA) is 45.2 Å². The molecular weight excluding hydrogens is 366 g/mol. The van der Waals surface area contributed by atoms with Crippen LogP contribution in [0, 0.1) is 0 Å². The van der Waals surface area contributed by atoms with Crippen LogP contribution in [0.2, 0.25) is 0 Å². The Kier molecular flexibility index (Phi) is 5.84. The van der Waals surface area contributed by atoms with Crippen LogP contribution in [0.3, 0.4) is 0 Å². The Balaban J connectivity index is 1.34. The number of nitrogens with one attached hydrogen (secondary N) is 1. The summed E-state index contributed by atoms with van der Waals surface area (Å²) in [5.74, 6) is 0.223. The molecule has 28 heavy (non-hydrogen) atoms. The molecule has 1 N–H and O–H groups in total. The molecule has 1 aliphatic heterocycles. The molecule has 0 spiro atoms. The standard InChI is InChI=1S/C23H25N3OS/c1-17(19-10-6-3-7-11-19)14-22(27)25-23-24-20-12-13-26(16-21(20)28-23)15-18-8-4-2-5-9-18/h2-11,17H,12-16H2,1H3,(H,24,25,27). The molecular formula is C23H25N3OS. The molecule has 1 aromatic heterocycles. The average molecular weight is 392 g/mol. The molecule has 4 rings (SSSR count). The molecule has 1 amide bonds. The second-order valence-electron chi connectivity index (χ2n) is 7.40.